The monoisotopic (exact) mass is 392 g/mol. The molecule has 2 aliphatic rings. The third kappa shape index (κ3) is 4.75. The van der Waals surface area contributed by atoms with E-state index < -0.39 is 0 Å². The zero-order valence-corrected chi connectivity index (χ0v) is 17.8. The van der Waals surface area contributed by atoms with Gasteiger partial charge < -0.3 is 14.7 Å². The van der Waals surface area contributed by atoms with Gasteiger partial charge in [-0.1, -0.05) is 20.8 Å². The zero-order chi connectivity index (χ0) is 20.4. The van der Waals surface area contributed by atoms with E-state index in [-0.39, 0.29) is 29.4 Å². The van der Waals surface area contributed by atoms with Crippen molar-refractivity contribution in [3.63, 3.8) is 0 Å². The highest BCUT2D eigenvalue weighted by Gasteiger charge is 2.46. The van der Waals surface area contributed by atoms with Crippen molar-refractivity contribution in [3.8, 4) is 0 Å². The molecule has 1 spiro atoms. The number of nitrogens with one attached hydrogen (secondary N) is 1. The Bertz CT molecular complexity index is 669. The Labute approximate surface area is 168 Å². The van der Waals surface area contributed by atoms with E-state index in [1.807, 2.05) is 11.8 Å². The molecule has 2 aliphatic heterocycles. The number of nitrogens with zero attached hydrogens (tertiary/aromatic N) is 3. The van der Waals surface area contributed by atoms with Gasteiger partial charge in [0.15, 0.2) is 0 Å². The van der Waals surface area contributed by atoms with Crippen molar-refractivity contribution in [2.45, 2.75) is 65.0 Å². The van der Waals surface area contributed by atoms with E-state index in [1.54, 1.807) is 0 Å². The summed E-state index contributed by atoms with van der Waals surface area (Å²) in [6.45, 7) is 12.9. The number of H-pyrrole nitrogens is 1. The van der Waals surface area contributed by atoms with Crippen molar-refractivity contribution in [2.24, 2.45) is 5.41 Å². The highest BCUT2D eigenvalue weighted by atomic mass is 16.5. The molecule has 0 unspecified atom stereocenters. The molecule has 0 radical (unpaired) electrons. The number of carbonyl (C=O) groups is 1. The summed E-state index contributed by atoms with van der Waals surface area (Å²) in [5.74, 6) is 0.0358. The predicted octanol–water partition coefficient (Wildman–Crippen LogP) is 1.92. The molecule has 0 bridgehead atoms. The van der Waals surface area contributed by atoms with Crippen LogP contribution in [0.1, 0.15) is 58.3 Å². The number of hydrogen-bond acceptors (Lipinski definition) is 5. The SMILES string of the molecule is CCOCC(=O)N1CCC[C@@]2(CN(Cc3cc(C(C)(C)C)n[nH]3)CC[C@H]2O)C1. The molecule has 28 heavy (non-hydrogen) atoms. The standard InChI is InChI=1S/C21H36N4O3/c1-5-28-13-19(27)25-9-6-8-21(15-25)14-24(10-7-18(21)26)12-16-11-17(23-22-16)20(2,3)4/h11,18,26H,5-10,12-15H2,1-4H3,(H,22,23)/t18-,21-/m1/s1. The fourth-order valence-corrected chi connectivity index (χ4v) is 4.50. The van der Waals surface area contributed by atoms with Crippen LogP contribution in [-0.4, -0.2) is 76.5 Å². The summed E-state index contributed by atoms with van der Waals surface area (Å²) in [6.07, 6.45) is 2.27. The smallest absolute Gasteiger partial charge is 0.248 e. The van der Waals surface area contributed by atoms with Gasteiger partial charge in [-0.15, -0.1) is 0 Å². The number of rotatable bonds is 5. The maximum absolute atomic E-state index is 12.5. The van der Waals surface area contributed by atoms with Gasteiger partial charge in [0.1, 0.15) is 6.61 Å². The number of likely N-dealkylation sites (tertiary alicyclic amines) is 2. The van der Waals surface area contributed by atoms with Gasteiger partial charge in [0, 0.05) is 55.9 Å². The molecular weight excluding hydrogens is 356 g/mol. The molecule has 7 heteroatoms. The van der Waals surface area contributed by atoms with Gasteiger partial charge in [-0.3, -0.25) is 14.8 Å². The van der Waals surface area contributed by atoms with Crippen molar-refractivity contribution in [2.75, 3.05) is 39.4 Å². The van der Waals surface area contributed by atoms with Crippen molar-refractivity contribution < 1.29 is 14.6 Å². The molecule has 2 fully saturated rings. The minimum absolute atomic E-state index is 0.0266. The second-order valence-corrected chi connectivity index (χ2v) is 9.46. The fourth-order valence-electron chi connectivity index (χ4n) is 4.50. The quantitative estimate of drug-likeness (QED) is 0.800. The van der Waals surface area contributed by atoms with Gasteiger partial charge in [-0.2, -0.15) is 5.10 Å². The first-order chi connectivity index (χ1) is 13.2. The first-order valence-electron chi connectivity index (χ1n) is 10.5. The van der Waals surface area contributed by atoms with Gasteiger partial charge in [-0.05, 0) is 32.3 Å². The van der Waals surface area contributed by atoms with Gasteiger partial charge in [0.25, 0.3) is 0 Å². The van der Waals surface area contributed by atoms with Crippen molar-refractivity contribution in [1.29, 1.82) is 0 Å². The lowest BCUT2D eigenvalue weighted by molar-refractivity contribution is -0.146. The maximum Gasteiger partial charge on any atom is 0.248 e. The van der Waals surface area contributed by atoms with E-state index in [4.69, 9.17) is 4.74 Å². The molecule has 2 saturated heterocycles. The zero-order valence-electron chi connectivity index (χ0n) is 17.8. The van der Waals surface area contributed by atoms with Crippen LogP contribution in [0, 0.1) is 5.41 Å². The summed E-state index contributed by atoms with van der Waals surface area (Å²) in [7, 11) is 0. The maximum atomic E-state index is 12.5. The summed E-state index contributed by atoms with van der Waals surface area (Å²) >= 11 is 0. The lowest BCUT2D eigenvalue weighted by Gasteiger charge is -2.51. The van der Waals surface area contributed by atoms with Gasteiger partial charge in [-0.25, -0.2) is 0 Å². The Morgan fingerprint density at radius 2 is 2.18 bits per heavy atom. The molecule has 0 saturated carbocycles. The molecule has 1 aromatic rings. The summed E-state index contributed by atoms with van der Waals surface area (Å²) in [4.78, 5) is 16.7. The van der Waals surface area contributed by atoms with Crippen LogP contribution in [0.15, 0.2) is 6.07 Å². The number of carbonyl (C=O) groups excluding carboxylic acids is 1. The minimum Gasteiger partial charge on any atom is -0.392 e. The Hall–Kier alpha value is -1.44. The Kier molecular flexibility index (Phi) is 6.47. The lowest BCUT2D eigenvalue weighted by Crippen LogP contribution is -2.59. The van der Waals surface area contributed by atoms with Crippen molar-refractivity contribution in [1.82, 2.24) is 20.0 Å². The average molecular weight is 393 g/mol. The van der Waals surface area contributed by atoms with Crippen LogP contribution in [0.2, 0.25) is 0 Å². The largest absolute Gasteiger partial charge is 0.392 e. The lowest BCUT2D eigenvalue weighted by atomic mass is 9.71. The summed E-state index contributed by atoms with van der Waals surface area (Å²) in [5.41, 5.74) is 1.96. The number of aromatic nitrogens is 2. The molecule has 3 rings (SSSR count). The van der Waals surface area contributed by atoms with E-state index in [2.05, 4.69) is 41.9 Å². The average Bonchev–Trinajstić information content (AvgIpc) is 3.12. The first kappa shape index (κ1) is 21.3. The number of piperidine rings is 2. The van der Waals surface area contributed by atoms with Gasteiger partial charge in [0.05, 0.1) is 11.8 Å². The summed E-state index contributed by atoms with van der Waals surface area (Å²) < 4.78 is 5.31. The second-order valence-electron chi connectivity index (χ2n) is 9.46. The van der Waals surface area contributed by atoms with Crippen molar-refractivity contribution in [3.05, 3.63) is 17.5 Å². The first-order valence-corrected chi connectivity index (χ1v) is 10.5. The van der Waals surface area contributed by atoms with Crippen LogP contribution in [-0.2, 0) is 21.5 Å². The van der Waals surface area contributed by atoms with E-state index >= 15 is 0 Å². The molecule has 2 atom stereocenters. The van der Waals surface area contributed by atoms with Crippen LogP contribution >= 0.6 is 0 Å². The second kappa shape index (κ2) is 8.51. The number of amides is 1. The van der Waals surface area contributed by atoms with Crippen LogP contribution in [0.4, 0.5) is 0 Å². The van der Waals surface area contributed by atoms with Gasteiger partial charge in [0.2, 0.25) is 5.91 Å². The molecule has 0 aromatic carbocycles. The van der Waals surface area contributed by atoms with Crippen LogP contribution < -0.4 is 0 Å². The third-order valence-electron chi connectivity index (χ3n) is 6.15. The predicted molar refractivity (Wildman–Crippen MR) is 108 cm³/mol. The third-order valence-corrected chi connectivity index (χ3v) is 6.15. The van der Waals surface area contributed by atoms with E-state index in [0.29, 0.717) is 13.2 Å². The molecule has 1 amide bonds. The summed E-state index contributed by atoms with van der Waals surface area (Å²) in [6, 6.07) is 2.15. The molecule has 1 aromatic heterocycles. The number of aliphatic hydroxyl groups excluding tert-OH is 1. The van der Waals surface area contributed by atoms with Gasteiger partial charge >= 0.3 is 0 Å². The molecule has 0 aliphatic carbocycles. The number of aromatic amines is 1. The van der Waals surface area contributed by atoms with E-state index in [0.717, 1.165) is 56.8 Å². The highest BCUT2D eigenvalue weighted by molar-refractivity contribution is 5.77. The Balaban J connectivity index is 1.66. The highest BCUT2D eigenvalue weighted by Crippen LogP contribution is 2.39. The normalized spacial score (nSPS) is 26.8. The van der Waals surface area contributed by atoms with Crippen LogP contribution in [0.3, 0.4) is 0 Å². The molecule has 158 valence electrons. The number of aliphatic hydroxyl groups is 1. The number of ether oxygens (including phenoxy) is 1. The topological polar surface area (TPSA) is 81.7 Å². The Morgan fingerprint density at radius 1 is 1.39 bits per heavy atom. The molecule has 7 nitrogen and oxygen atoms in total. The van der Waals surface area contributed by atoms with E-state index in [1.165, 1.54) is 0 Å². The molecular formula is C21H36N4O3. The van der Waals surface area contributed by atoms with Crippen LogP contribution in [0.25, 0.3) is 0 Å². The molecule has 3 heterocycles. The van der Waals surface area contributed by atoms with Crippen molar-refractivity contribution >= 4 is 5.91 Å². The molecule has 2 N–H and O–H groups in total. The van der Waals surface area contributed by atoms with Crippen LogP contribution in [0.5, 0.6) is 0 Å². The number of hydrogen-bond donors (Lipinski definition) is 2. The Morgan fingerprint density at radius 3 is 2.86 bits per heavy atom. The minimum atomic E-state index is -0.363. The van der Waals surface area contributed by atoms with E-state index in [9.17, 15) is 9.90 Å². The summed E-state index contributed by atoms with van der Waals surface area (Å²) in [5, 5.41) is 18.5. The fraction of sp³-hybridized carbons (Fsp3) is 0.810.